The fourth-order valence-electron chi connectivity index (χ4n) is 4.15. The number of thiocarbonyl (C=S) groups is 1. The minimum Gasteiger partial charge on any atom is -0.495 e. The molecule has 4 aromatic rings. The van der Waals surface area contributed by atoms with Crippen LogP contribution in [0.4, 0.5) is 0 Å². The summed E-state index contributed by atoms with van der Waals surface area (Å²) in [6.45, 7) is 0.559. The first kappa shape index (κ1) is 19.4. The molecule has 6 nitrogen and oxygen atoms in total. The van der Waals surface area contributed by atoms with Crippen LogP contribution in [0.5, 0.6) is 5.75 Å². The normalized spacial score (nSPS) is 18.2. The molecule has 0 spiro atoms. The van der Waals surface area contributed by atoms with Gasteiger partial charge in [-0.05, 0) is 60.7 Å². The summed E-state index contributed by atoms with van der Waals surface area (Å²) in [5.74, 6) is 1.66. The quantitative estimate of drug-likeness (QED) is 0.450. The number of nitrogens with one attached hydrogen (secondary N) is 1. The maximum absolute atomic E-state index is 5.76. The smallest absolute Gasteiger partial charge is 0.170 e. The summed E-state index contributed by atoms with van der Waals surface area (Å²) >= 11 is 5.76. The molecule has 0 amide bonds. The summed E-state index contributed by atoms with van der Waals surface area (Å²) in [5, 5.41) is 4.16. The fraction of sp³-hybridized carbons (Fsp3) is 0.167. The minimum absolute atomic E-state index is 0.0904. The summed E-state index contributed by atoms with van der Waals surface area (Å²) < 4.78 is 13.4. The lowest BCUT2D eigenvalue weighted by Gasteiger charge is -2.28. The lowest BCUT2D eigenvalue weighted by molar-refractivity contribution is 0.280. The topological polar surface area (TPSA) is 55.5 Å². The van der Waals surface area contributed by atoms with Gasteiger partial charge in [0.15, 0.2) is 5.11 Å². The summed E-state index contributed by atoms with van der Waals surface area (Å²) in [7, 11) is 1.69. The number of ether oxygens (including phenoxy) is 1. The van der Waals surface area contributed by atoms with Crippen molar-refractivity contribution in [1.82, 2.24) is 19.8 Å². The highest BCUT2D eigenvalue weighted by Crippen LogP contribution is 2.41. The highest BCUT2D eigenvalue weighted by molar-refractivity contribution is 7.80. The third-order valence-corrected chi connectivity index (χ3v) is 5.88. The van der Waals surface area contributed by atoms with Crippen molar-refractivity contribution in [2.75, 3.05) is 7.11 Å². The molecular formula is C24H22N4O2S. The molecule has 156 valence electrons. The molecule has 2 atom stereocenters. The molecule has 31 heavy (non-hydrogen) atoms. The van der Waals surface area contributed by atoms with E-state index in [1.807, 2.05) is 60.8 Å². The van der Waals surface area contributed by atoms with Crippen LogP contribution in [0.3, 0.4) is 0 Å². The molecule has 1 aliphatic heterocycles. The van der Waals surface area contributed by atoms with Crippen molar-refractivity contribution < 1.29 is 9.15 Å². The molecule has 0 unspecified atom stereocenters. The Morgan fingerprint density at radius 3 is 2.71 bits per heavy atom. The molecule has 5 rings (SSSR count). The van der Waals surface area contributed by atoms with E-state index < -0.39 is 0 Å². The number of aromatic nitrogens is 2. The number of hydrogen-bond donors (Lipinski definition) is 1. The Morgan fingerprint density at radius 2 is 1.94 bits per heavy atom. The van der Waals surface area contributed by atoms with Gasteiger partial charge >= 0.3 is 0 Å². The Morgan fingerprint density at radius 1 is 1.06 bits per heavy atom. The van der Waals surface area contributed by atoms with Crippen molar-refractivity contribution in [2.45, 2.75) is 18.6 Å². The lowest BCUT2D eigenvalue weighted by atomic mass is 10.0. The van der Waals surface area contributed by atoms with E-state index in [-0.39, 0.29) is 12.1 Å². The summed E-state index contributed by atoms with van der Waals surface area (Å²) in [5.41, 5.74) is 2.99. The van der Waals surface area contributed by atoms with Gasteiger partial charge < -0.3 is 23.9 Å². The van der Waals surface area contributed by atoms with E-state index in [9.17, 15) is 0 Å². The number of para-hydroxylation sites is 2. The molecule has 4 heterocycles. The molecule has 1 aliphatic rings. The van der Waals surface area contributed by atoms with Crippen molar-refractivity contribution in [2.24, 2.45) is 0 Å². The van der Waals surface area contributed by atoms with Crippen molar-refractivity contribution >= 4 is 17.3 Å². The van der Waals surface area contributed by atoms with Gasteiger partial charge in [0.1, 0.15) is 11.5 Å². The molecule has 1 saturated heterocycles. The van der Waals surface area contributed by atoms with E-state index in [0.717, 1.165) is 28.6 Å². The van der Waals surface area contributed by atoms with Crippen LogP contribution in [0.2, 0.25) is 0 Å². The highest BCUT2D eigenvalue weighted by Gasteiger charge is 2.41. The minimum atomic E-state index is -0.105. The van der Waals surface area contributed by atoms with Crippen molar-refractivity contribution in [3.63, 3.8) is 0 Å². The molecule has 1 fully saturated rings. The molecule has 7 heteroatoms. The van der Waals surface area contributed by atoms with Crippen molar-refractivity contribution in [3.05, 3.63) is 103 Å². The number of rotatable bonds is 6. The second-order valence-electron chi connectivity index (χ2n) is 7.31. The van der Waals surface area contributed by atoms with Gasteiger partial charge in [0.2, 0.25) is 0 Å². The molecule has 0 saturated carbocycles. The van der Waals surface area contributed by atoms with Gasteiger partial charge in [-0.1, -0.05) is 18.2 Å². The van der Waals surface area contributed by atoms with Crippen molar-refractivity contribution in [1.29, 1.82) is 0 Å². The first-order valence-corrected chi connectivity index (χ1v) is 10.5. The van der Waals surface area contributed by atoms with Crippen LogP contribution in [0.25, 0.3) is 5.69 Å². The molecular weight excluding hydrogens is 408 g/mol. The van der Waals surface area contributed by atoms with E-state index in [1.54, 1.807) is 13.4 Å². The van der Waals surface area contributed by atoms with E-state index >= 15 is 0 Å². The molecule has 3 aromatic heterocycles. The first-order chi connectivity index (χ1) is 15.3. The number of pyridine rings is 1. The van der Waals surface area contributed by atoms with E-state index in [4.69, 9.17) is 21.4 Å². The molecule has 1 aromatic carbocycles. The fourth-order valence-corrected chi connectivity index (χ4v) is 4.46. The zero-order valence-corrected chi connectivity index (χ0v) is 17.8. The van der Waals surface area contributed by atoms with E-state index in [2.05, 4.69) is 38.1 Å². The maximum atomic E-state index is 5.76. The largest absolute Gasteiger partial charge is 0.495 e. The van der Waals surface area contributed by atoms with Gasteiger partial charge in [-0.25, -0.2) is 0 Å². The SMILES string of the molecule is COc1ccccc1-n1cccc1[C@H]1[C@H](c2ccccn2)NC(=S)N1Cc1ccco1. The monoisotopic (exact) mass is 430 g/mol. The van der Waals surface area contributed by atoms with E-state index in [1.165, 1.54) is 0 Å². The van der Waals surface area contributed by atoms with Crippen LogP contribution in [-0.4, -0.2) is 26.7 Å². The van der Waals surface area contributed by atoms with Gasteiger partial charge in [0, 0.05) is 18.1 Å². The maximum Gasteiger partial charge on any atom is 0.170 e. The summed E-state index contributed by atoms with van der Waals surface area (Å²) in [4.78, 5) is 6.78. The standard InChI is InChI=1S/C24H22N4O2S/c1-29-21-12-3-2-10-19(21)27-14-6-11-20(27)23-22(18-9-4-5-13-25-18)26-24(31)28(23)16-17-8-7-15-30-17/h2-15,22-23H,16H2,1H3,(H,26,31)/t22-,23-/m0/s1. The van der Waals surface area contributed by atoms with Gasteiger partial charge in [-0.2, -0.15) is 0 Å². The van der Waals surface area contributed by atoms with Gasteiger partial charge in [0.05, 0.1) is 43.4 Å². The molecule has 0 bridgehead atoms. The first-order valence-electron chi connectivity index (χ1n) is 10.1. The van der Waals surface area contributed by atoms with Crippen LogP contribution in [0.15, 0.2) is 89.8 Å². The van der Waals surface area contributed by atoms with Crippen LogP contribution in [0.1, 0.15) is 29.2 Å². The van der Waals surface area contributed by atoms with Gasteiger partial charge in [0.25, 0.3) is 0 Å². The number of benzene rings is 1. The summed E-state index contributed by atoms with van der Waals surface area (Å²) in [6.07, 6.45) is 5.55. The lowest BCUT2D eigenvalue weighted by Crippen LogP contribution is -2.29. The number of furan rings is 1. The third-order valence-electron chi connectivity index (χ3n) is 5.53. The Bertz CT molecular complexity index is 1170. The number of methoxy groups -OCH3 is 1. The second-order valence-corrected chi connectivity index (χ2v) is 7.70. The number of nitrogens with zero attached hydrogens (tertiary/aromatic N) is 3. The van der Waals surface area contributed by atoms with Crippen LogP contribution < -0.4 is 10.1 Å². The van der Waals surface area contributed by atoms with Crippen molar-refractivity contribution in [3.8, 4) is 11.4 Å². The Hall–Kier alpha value is -3.58. The Kier molecular flexibility index (Phi) is 5.18. The highest BCUT2D eigenvalue weighted by atomic mass is 32.1. The predicted molar refractivity (Wildman–Crippen MR) is 122 cm³/mol. The number of hydrogen-bond acceptors (Lipinski definition) is 4. The van der Waals surface area contributed by atoms with Gasteiger partial charge in [-0.3, -0.25) is 4.98 Å². The molecule has 0 aliphatic carbocycles. The molecule has 0 radical (unpaired) electrons. The second kappa shape index (κ2) is 8.28. The third kappa shape index (κ3) is 3.57. The predicted octanol–water partition coefficient (Wildman–Crippen LogP) is 4.65. The molecule has 1 N–H and O–H groups in total. The van der Waals surface area contributed by atoms with Gasteiger partial charge in [-0.15, -0.1) is 0 Å². The Labute approximate surface area is 186 Å². The summed E-state index contributed by atoms with van der Waals surface area (Å²) in [6, 6.07) is 21.8. The average molecular weight is 431 g/mol. The van der Waals surface area contributed by atoms with Crippen LogP contribution in [-0.2, 0) is 6.54 Å². The zero-order valence-electron chi connectivity index (χ0n) is 17.0. The Balaban J connectivity index is 1.62. The van der Waals surface area contributed by atoms with Crippen LogP contribution in [0, 0.1) is 0 Å². The van der Waals surface area contributed by atoms with E-state index in [0.29, 0.717) is 11.7 Å². The van der Waals surface area contributed by atoms with Crippen LogP contribution >= 0.6 is 12.2 Å². The average Bonchev–Trinajstić information content (AvgIpc) is 3.56. The zero-order chi connectivity index (χ0) is 21.2.